The van der Waals surface area contributed by atoms with Gasteiger partial charge in [-0.25, -0.2) is 0 Å². The molecule has 0 aliphatic heterocycles. The van der Waals surface area contributed by atoms with Crippen LogP contribution in [-0.4, -0.2) is 33.9 Å². The van der Waals surface area contributed by atoms with Crippen LogP contribution < -0.4 is 0 Å². The molecule has 2 fully saturated rings. The monoisotopic (exact) mass is 304 g/mol. The van der Waals surface area contributed by atoms with Gasteiger partial charge in [0, 0.05) is 0 Å². The van der Waals surface area contributed by atoms with Gasteiger partial charge in [-0.1, -0.05) is 25.7 Å². The van der Waals surface area contributed by atoms with Crippen molar-refractivity contribution in [2.24, 2.45) is 11.3 Å². The highest BCUT2D eigenvalue weighted by Gasteiger charge is 2.50. The molecule has 0 N–H and O–H groups in total. The van der Waals surface area contributed by atoms with Gasteiger partial charge in [0.1, 0.15) is 0 Å². The lowest BCUT2D eigenvalue weighted by Gasteiger charge is -2.48. The molecule has 2 saturated carbocycles. The lowest BCUT2D eigenvalue weighted by Crippen LogP contribution is -2.50. The molecule has 2 aliphatic carbocycles. The first-order valence-electron chi connectivity index (χ1n) is 7.34. The molecule has 2 unspecified atom stereocenters. The van der Waals surface area contributed by atoms with E-state index in [0.29, 0.717) is 6.42 Å². The second-order valence-electron chi connectivity index (χ2n) is 6.17. The van der Waals surface area contributed by atoms with Crippen LogP contribution in [0.3, 0.4) is 0 Å². The molecule has 6 heteroatoms. The van der Waals surface area contributed by atoms with Crippen molar-refractivity contribution >= 4 is 16.1 Å². The fourth-order valence-electron chi connectivity index (χ4n) is 3.94. The molecule has 1 spiro atoms. The van der Waals surface area contributed by atoms with E-state index in [1.54, 1.807) is 0 Å². The minimum atomic E-state index is -3.58. The molecule has 20 heavy (non-hydrogen) atoms. The number of carbonyl (C=O) groups is 1. The SMILES string of the molecule is COC(=O)C1CCCC2(CCCCC2)C1OS(C)(=O)=O. The first-order chi connectivity index (χ1) is 9.38. The van der Waals surface area contributed by atoms with Crippen LogP contribution in [0, 0.1) is 11.3 Å². The molecule has 2 rings (SSSR count). The summed E-state index contributed by atoms with van der Waals surface area (Å²) in [6.07, 6.45) is 8.26. The van der Waals surface area contributed by atoms with E-state index in [1.165, 1.54) is 13.5 Å². The zero-order chi connectivity index (χ0) is 14.8. The Hall–Kier alpha value is -0.620. The molecular weight excluding hydrogens is 280 g/mol. The van der Waals surface area contributed by atoms with Crippen molar-refractivity contribution in [2.75, 3.05) is 13.4 Å². The minimum Gasteiger partial charge on any atom is -0.469 e. The molecule has 2 atom stereocenters. The first-order valence-corrected chi connectivity index (χ1v) is 9.16. The van der Waals surface area contributed by atoms with Crippen molar-refractivity contribution in [3.8, 4) is 0 Å². The topological polar surface area (TPSA) is 69.7 Å². The van der Waals surface area contributed by atoms with Gasteiger partial charge in [-0.05, 0) is 31.1 Å². The third-order valence-electron chi connectivity index (χ3n) is 4.79. The van der Waals surface area contributed by atoms with E-state index in [0.717, 1.165) is 44.8 Å². The summed E-state index contributed by atoms with van der Waals surface area (Å²) in [5.41, 5.74) is -0.168. The van der Waals surface area contributed by atoms with Gasteiger partial charge < -0.3 is 4.74 Å². The van der Waals surface area contributed by atoms with E-state index in [-0.39, 0.29) is 11.4 Å². The Morgan fingerprint density at radius 2 is 1.70 bits per heavy atom. The molecular formula is C14H24O5S. The Morgan fingerprint density at radius 3 is 2.25 bits per heavy atom. The standard InChI is InChI=1S/C14H24O5S/c1-18-13(15)11-7-6-10-14(8-4-3-5-9-14)12(11)19-20(2,16)17/h11-12H,3-10H2,1-2H3. The molecule has 0 bridgehead atoms. The summed E-state index contributed by atoms with van der Waals surface area (Å²) in [6.45, 7) is 0. The lowest BCUT2D eigenvalue weighted by molar-refractivity contribution is -0.157. The lowest BCUT2D eigenvalue weighted by atomic mass is 9.60. The van der Waals surface area contributed by atoms with Gasteiger partial charge in [0.2, 0.25) is 0 Å². The highest BCUT2D eigenvalue weighted by atomic mass is 32.2. The van der Waals surface area contributed by atoms with Gasteiger partial charge >= 0.3 is 5.97 Å². The summed E-state index contributed by atoms with van der Waals surface area (Å²) >= 11 is 0. The van der Waals surface area contributed by atoms with Crippen molar-refractivity contribution in [1.82, 2.24) is 0 Å². The van der Waals surface area contributed by atoms with Crippen molar-refractivity contribution in [2.45, 2.75) is 57.5 Å². The third kappa shape index (κ3) is 3.34. The largest absolute Gasteiger partial charge is 0.469 e. The molecule has 0 saturated heterocycles. The van der Waals surface area contributed by atoms with Gasteiger partial charge in [0.25, 0.3) is 10.1 Å². The summed E-state index contributed by atoms with van der Waals surface area (Å²) in [4.78, 5) is 12.0. The van der Waals surface area contributed by atoms with Gasteiger partial charge in [-0.3, -0.25) is 8.98 Å². The fourth-order valence-corrected chi connectivity index (χ4v) is 4.65. The van der Waals surface area contributed by atoms with E-state index in [2.05, 4.69) is 0 Å². The fraction of sp³-hybridized carbons (Fsp3) is 0.929. The minimum absolute atomic E-state index is 0.168. The summed E-state index contributed by atoms with van der Waals surface area (Å²) < 4.78 is 33.4. The van der Waals surface area contributed by atoms with Crippen molar-refractivity contribution in [1.29, 1.82) is 0 Å². The van der Waals surface area contributed by atoms with E-state index in [1.807, 2.05) is 0 Å². The number of methoxy groups -OCH3 is 1. The molecule has 116 valence electrons. The highest BCUT2D eigenvalue weighted by Crippen LogP contribution is 2.51. The van der Waals surface area contributed by atoms with Crippen LogP contribution in [0.25, 0.3) is 0 Å². The molecule has 0 amide bonds. The van der Waals surface area contributed by atoms with Crippen molar-refractivity contribution < 1.29 is 22.1 Å². The number of esters is 1. The van der Waals surface area contributed by atoms with E-state index >= 15 is 0 Å². The molecule has 0 aromatic heterocycles. The Morgan fingerprint density at radius 1 is 1.10 bits per heavy atom. The maximum absolute atomic E-state index is 12.0. The third-order valence-corrected chi connectivity index (χ3v) is 5.35. The Balaban J connectivity index is 2.31. The number of rotatable bonds is 3. The Kier molecular flexibility index (Phi) is 4.74. The molecule has 2 aliphatic rings. The summed E-state index contributed by atoms with van der Waals surface area (Å²) in [7, 11) is -2.23. The maximum Gasteiger partial charge on any atom is 0.311 e. The molecule has 5 nitrogen and oxygen atoms in total. The van der Waals surface area contributed by atoms with Crippen molar-refractivity contribution in [3.63, 3.8) is 0 Å². The Bertz CT molecular complexity index is 445. The predicted molar refractivity (Wildman–Crippen MR) is 74.6 cm³/mol. The van der Waals surface area contributed by atoms with Crippen LogP contribution >= 0.6 is 0 Å². The summed E-state index contributed by atoms with van der Waals surface area (Å²) in [5, 5.41) is 0. The van der Waals surface area contributed by atoms with Crippen molar-refractivity contribution in [3.05, 3.63) is 0 Å². The first kappa shape index (κ1) is 15.8. The number of hydrogen-bond donors (Lipinski definition) is 0. The average molecular weight is 304 g/mol. The molecule has 0 aromatic carbocycles. The molecule has 0 radical (unpaired) electrons. The summed E-state index contributed by atoms with van der Waals surface area (Å²) in [6, 6.07) is 0. The van der Waals surface area contributed by atoms with Gasteiger partial charge in [0.05, 0.1) is 25.4 Å². The van der Waals surface area contributed by atoms with Crippen LogP contribution in [0.4, 0.5) is 0 Å². The zero-order valence-corrected chi connectivity index (χ0v) is 13.1. The van der Waals surface area contributed by atoms with Gasteiger partial charge in [0.15, 0.2) is 0 Å². The molecule has 0 aromatic rings. The van der Waals surface area contributed by atoms with Crippen LogP contribution in [0.1, 0.15) is 51.4 Å². The van der Waals surface area contributed by atoms with E-state index in [9.17, 15) is 13.2 Å². The van der Waals surface area contributed by atoms with E-state index in [4.69, 9.17) is 8.92 Å². The number of carbonyl (C=O) groups excluding carboxylic acids is 1. The van der Waals surface area contributed by atoms with Crippen LogP contribution in [0.15, 0.2) is 0 Å². The normalized spacial score (nSPS) is 30.1. The summed E-state index contributed by atoms with van der Waals surface area (Å²) in [5.74, 6) is -0.801. The van der Waals surface area contributed by atoms with E-state index < -0.39 is 22.1 Å². The highest BCUT2D eigenvalue weighted by molar-refractivity contribution is 7.86. The van der Waals surface area contributed by atoms with Crippen LogP contribution in [-0.2, 0) is 23.8 Å². The predicted octanol–water partition coefficient (Wildman–Crippen LogP) is 2.25. The number of hydrogen-bond acceptors (Lipinski definition) is 5. The van der Waals surface area contributed by atoms with Crippen LogP contribution in [0.2, 0.25) is 0 Å². The van der Waals surface area contributed by atoms with Crippen LogP contribution in [0.5, 0.6) is 0 Å². The quantitative estimate of drug-likeness (QED) is 0.591. The maximum atomic E-state index is 12.0. The Labute approximate surface area is 121 Å². The van der Waals surface area contributed by atoms with Gasteiger partial charge in [-0.15, -0.1) is 0 Å². The zero-order valence-electron chi connectivity index (χ0n) is 12.3. The number of ether oxygens (including phenoxy) is 1. The smallest absolute Gasteiger partial charge is 0.311 e. The van der Waals surface area contributed by atoms with Gasteiger partial charge in [-0.2, -0.15) is 8.42 Å². The molecule has 0 heterocycles. The average Bonchev–Trinajstić information content (AvgIpc) is 2.40. The second-order valence-corrected chi connectivity index (χ2v) is 7.77. The second kappa shape index (κ2) is 6.02.